The smallest absolute Gasteiger partial charge is 0.238 e. The lowest BCUT2D eigenvalue weighted by Gasteiger charge is -2.14. The Labute approximate surface area is 119 Å². The molecule has 0 fully saturated rings. The standard InChI is InChI=1S/C15H18N2O2S/c1-12(17-11-13-5-3-2-4-6-13)14-7-9-15(10-8-14)20(16,18)19/h2-10,12,17H,11H2,1H3,(H2,16,18,19). The number of benzene rings is 2. The molecule has 3 N–H and O–H groups in total. The molecule has 2 rings (SSSR count). The van der Waals surface area contributed by atoms with E-state index in [1.807, 2.05) is 25.1 Å². The second-order valence-electron chi connectivity index (χ2n) is 4.70. The fourth-order valence-electron chi connectivity index (χ4n) is 1.93. The van der Waals surface area contributed by atoms with E-state index in [1.54, 1.807) is 12.1 Å². The van der Waals surface area contributed by atoms with Gasteiger partial charge in [-0.1, -0.05) is 42.5 Å². The highest BCUT2D eigenvalue weighted by Crippen LogP contribution is 2.16. The van der Waals surface area contributed by atoms with Gasteiger partial charge in [0.2, 0.25) is 10.0 Å². The Morgan fingerprint density at radius 1 is 1.05 bits per heavy atom. The van der Waals surface area contributed by atoms with Crippen molar-refractivity contribution in [2.24, 2.45) is 5.14 Å². The van der Waals surface area contributed by atoms with E-state index < -0.39 is 10.0 Å². The molecule has 0 aliphatic heterocycles. The SMILES string of the molecule is CC(NCc1ccccc1)c1ccc(S(N)(=O)=O)cc1. The van der Waals surface area contributed by atoms with Crippen molar-refractivity contribution < 1.29 is 8.42 Å². The molecule has 0 spiro atoms. The average Bonchev–Trinajstić information content (AvgIpc) is 2.45. The van der Waals surface area contributed by atoms with Crippen molar-refractivity contribution in [2.75, 3.05) is 0 Å². The monoisotopic (exact) mass is 290 g/mol. The maximum absolute atomic E-state index is 11.2. The average molecular weight is 290 g/mol. The molecule has 0 heterocycles. The Kier molecular flexibility index (Phi) is 4.54. The van der Waals surface area contributed by atoms with Crippen LogP contribution in [0.4, 0.5) is 0 Å². The molecule has 2 aromatic rings. The van der Waals surface area contributed by atoms with Crippen molar-refractivity contribution in [3.63, 3.8) is 0 Å². The summed E-state index contributed by atoms with van der Waals surface area (Å²) in [5.41, 5.74) is 2.23. The van der Waals surface area contributed by atoms with E-state index in [1.165, 1.54) is 17.7 Å². The molecule has 2 aromatic carbocycles. The first-order valence-electron chi connectivity index (χ1n) is 6.37. The molecule has 1 unspecified atom stereocenters. The lowest BCUT2D eigenvalue weighted by Crippen LogP contribution is -2.18. The highest BCUT2D eigenvalue weighted by molar-refractivity contribution is 7.89. The third-order valence-corrected chi connectivity index (χ3v) is 4.09. The van der Waals surface area contributed by atoms with Gasteiger partial charge in [0.15, 0.2) is 0 Å². The zero-order valence-electron chi connectivity index (χ0n) is 11.3. The highest BCUT2D eigenvalue weighted by Gasteiger charge is 2.09. The van der Waals surface area contributed by atoms with Gasteiger partial charge in [0.25, 0.3) is 0 Å². The molecule has 0 radical (unpaired) electrons. The van der Waals surface area contributed by atoms with Gasteiger partial charge in [-0.2, -0.15) is 0 Å². The van der Waals surface area contributed by atoms with Crippen LogP contribution in [0.5, 0.6) is 0 Å². The van der Waals surface area contributed by atoms with Crippen LogP contribution in [-0.4, -0.2) is 8.42 Å². The largest absolute Gasteiger partial charge is 0.306 e. The van der Waals surface area contributed by atoms with Crippen molar-refractivity contribution in [1.82, 2.24) is 5.32 Å². The van der Waals surface area contributed by atoms with E-state index >= 15 is 0 Å². The van der Waals surface area contributed by atoms with Gasteiger partial charge in [0.1, 0.15) is 0 Å². The molecule has 1 atom stereocenters. The van der Waals surface area contributed by atoms with Gasteiger partial charge in [-0.05, 0) is 30.2 Å². The molecule has 5 heteroatoms. The van der Waals surface area contributed by atoms with Gasteiger partial charge in [0.05, 0.1) is 4.90 Å². The van der Waals surface area contributed by atoms with Gasteiger partial charge in [-0.3, -0.25) is 0 Å². The van der Waals surface area contributed by atoms with Crippen molar-refractivity contribution >= 4 is 10.0 Å². The zero-order chi connectivity index (χ0) is 14.6. The normalized spacial score (nSPS) is 13.1. The van der Waals surface area contributed by atoms with Gasteiger partial charge in [0, 0.05) is 12.6 Å². The highest BCUT2D eigenvalue weighted by atomic mass is 32.2. The maximum atomic E-state index is 11.2. The number of primary sulfonamides is 1. The topological polar surface area (TPSA) is 72.2 Å². The molecule has 0 saturated heterocycles. The van der Waals surface area contributed by atoms with E-state index in [4.69, 9.17) is 5.14 Å². The summed E-state index contributed by atoms with van der Waals surface area (Å²) in [5.74, 6) is 0. The van der Waals surface area contributed by atoms with E-state index in [0.29, 0.717) is 0 Å². The Morgan fingerprint density at radius 3 is 2.20 bits per heavy atom. The molecule has 0 saturated carbocycles. The van der Waals surface area contributed by atoms with Gasteiger partial charge >= 0.3 is 0 Å². The number of rotatable bonds is 5. The van der Waals surface area contributed by atoms with Crippen molar-refractivity contribution in [3.8, 4) is 0 Å². The molecule has 0 bridgehead atoms. The summed E-state index contributed by atoms with van der Waals surface area (Å²) in [6, 6.07) is 16.9. The first-order valence-corrected chi connectivity index (χ1v) is 7.91. The van der Waals surface area contributed by atoms with Gasteiger partial charge < -0.3 is 5.32 Å². The fraction of sp³-hybridized carbons (Fsp3) is 0.200. The van der Waals surface area contributed by atoms with Gasteiger partial charge in [-0.15, -0.1) is 0 Å². The molecule has 0 aliphatic carbocycles. The van der Waals surface area contributed by atoms with Crippen molar-refractivity contribution in [1.29, 1.82) is 0 Å². The van der Waals surface area contributed by atoms with Crippen LogP contribution in [0.3, 0.4) is 0 Å². The van der Waals surface area contributed by atoms with E-state index in [2.05, 4.69) is 17.4 Å². The van der Waals surface area contributed by atoms with Crippen LogP contribution in [0.25, 0.3) is 0 Å². The van der Waals surface area contributed by atoms with Crippen LogP contribution >= 0.6 is 0 Å². The molecule has 0 amide bonds. The third kappa shape index (κ3) is 3.90. The molecular formula is C15H18N2O2S. The molecule has 106 valence electrons. The Morgan fingerprint density at radius 2 is 1.65 bits per heavy atom. The zero-order valence-corrected chi connectivity index (χ0v) is 12.1. The number of hydrogen-bond donors (Lipinski definition) is 2. The Balaban J connectivity index is 2.01. The molecule has 20 heavy (non-hydrogen) atoms. The summed E-state index contributed by atoms with van der Waals surface area (Å²) < 4.78 is 22.4. The van der Waals surface area contributed by atoms with Gasteiger partial charge in [-0.25, -0.2) is 13.6 Å². The molecule has 4 nitrogen and oxygen atoms in total. The number of sulfonamides is 1. The molecule has 0 aliphatic rings. The minimum atomic E-state index is -3.62. The lowest BCUT2D eigenvalue weighted by molar-refractivity contribution is 0.574. The van der Waals surface area contributed by atoms with Crippen molar-refractivity contribution in [3.05, 3.63) is 65.7 Å². The first-order chi connectivity index (χ1) is 9.47. The maximum Gasteiger partial charge on any atom is 0.238 e. The summed E-state index contributed by atoms with van der Waals surface area (Å²) >= 11 is 0. The predicted molar refractivity (Wildman–Crippen MR) is 79.5 cm³/mol. The van der Waals surface area contributed by atoms with Crippen LogP contribution in [0, 0.1) is 0 Å². The quantitative estimate of drug-likeness (QED) is 0.886. The summed E-state index contributed by atoms with van der Waals surface area (Å²) in [6.45, 7) is 2.80. The molecule has 0 aromatic heterocycles. The second kappa shape index (κ2) is 6.17. The van der Waals surface area contributed by atoms with Crippen LogP contribution in [0.2, 0.25) is 0 Å². The number of hydrogen-bond acceptors (Lipinski definition) is 3. The van der Waals surface area contributed by atoms with Crippen LogP contribution < -0.4 is 10.5 Å². The minimum absolute atomic E-state index is 0.129. The Bertz CT molecular complexity index is 652. The van der Waals surface area contributed by atoms with Crippen molar-refractivity contribution in [2.45, 2.75) is 24.4 Å². The predicted octanol–water partition coefficient (Wildman–Crippen LogP) is 2.18. The second-order valence-corrected chi connectivity index (χ2v) is 6.26. The first kappa shape index (κ1) is 14.7. The van der Waals surface area contributed by atoms with Crippen LogP contribution in [0.15, 0.2) is 59.5 Å². The van der Waals surface area contributed by atoms with Crippen LogP contribution in [-0.2, 0) is 16.6 Å². The lowest BCUT2D eigenvalue weighted by atomic mass is 10.1. The Hall–Kier alpha value is -1.69. The van der Waals surface area contributed by atoms with E-state index in [0.717, 1.165) is 12.1 Å². The van der Waals surface area contributed by atoms with E-state index in [9.17, 15) is 8.42 Å². The van der Waals surface area contributed by atoms with Crippen LogP contribution in [0.1, 0.15) is 24.1 Å². The summed E-state index contributed by atoms with van der Waals surface area (Å²) in [5, 5.41) is 8.47. The number of nitrogens with one attached hydrogen (secondary N) is 1. The summed E-state index contributed by atoms with van der Waals surface area (Å²) in [7, 11) is -3.62. The third-order valence-electron chi connectivity index (χ3n) is 3.16. The summed E-state index contributed by atoms with van der Waals surface area (Å²) in [6.07, 6.45) is 0. The fourth-order valence-corrected chi connectivity index (χ4v) is 2.45. The summed E-state index contributed by atoms with van der Waals surface area (Å²) in [4.78, 5) is 0.136. The minimum Gasteiger partial charge on any atom is -0.306 e. The number of nitrogens with two attached hydrogens (primary N) is 1. The molecular weight excluding hydrogens is 272 g/mol. The van der Waals surface area contributed by atoms with E-state index in [-0.39, 0.29) is 10.9 Å².